The van der Waals surface area contributed by atoms with E-state index in [9.17, 15) is 19.6 Å². The van der Waals surface area contributed by atoms with Crippen molar-refractivity contribution in [2.75, 3.05) is 20.3 Å². The number of esters is 1. The van der Waals surface area contributed by atoms with Crippen LogP contribution in [0, 0.1) is 16.7 Å². The molecule has 2 aromatic rings. The monoisotopic (exact) mass is 456 g/mol. The summed E-state index contributed by atoms with van der Waals surface area (Å²) in [5.74, 6) is -0.755. The topological polar surface area (TPSA) is 98.4 Å². The Balaban J connectivity index is 2.66. The highest BCUT2D eigenvalue weighted by atomic mass is 32.1. The first-order valence-electron chi connectivity index (χ1n) is 10.3. The van der Waals surface area contributed by atoms with Crippen LogP contribution in [0.5, 0.6) is 0 Å². The van der Waals surface area contributed by atoms with Gasteiger partial charge in [0.25, 0.3) is 5.56 Å². The van der Waals surface area contributed by atoms with E-state index < -0.39 is 11.4 Å². The number of benzene rings is 1. The van der Waals surface area contributed by atoms with Crippen molar-refractivity contribution in [3.8, 4) is 6.07 Å². The highest BCUT2D eigenvalue weighted by molar-refractivity contribution is 7.07. The molecule has 8 heteroatoms. The summed E-state index contributed by atoms with van der Waals surface area (Å²) in [6, 6.07) is 8.66. The maximum absolute atomic E-state index is 13.2. The van der Waals surface area contributed by atoms with Crippen molar-refractivity contribution in [1.29, 1.82) is 5.26 Å². The quantitative estimate of drug-likeness (QED) is 0.446. The summed E-state index contributed by atoms with van der Waals surface area (Å²) in [5.41, 5.74) is 0.0737. The van der Waals surface area contributed by atoms with Crippen molar-refractivity contribution < 1.29 is 19.1 Å². The molecular weight excluding hydrogens is 428 g/mol. The second-order valence-electron chi connectivity index (χ2n) is 8.10. The van der Waals surface area contributed by atoms with Gasteiger partial charge in [-0.25, -0.2) is 4.79 Å². The first kappa shape index (κ1) is 25.2. The molecule has 0 unspecified atom stereocenters. The van der Waals surface area contributed by atoms with Gasteiger partial charge in [0.15, 0.2) is 5.78 Å². The molecule has 7 nitrogen and oxygen atoms in total. The van der Waals surface area contributed by atoms with E-state index in [1.165, 1.54) is 11.7 Å². The predicted molar refractivity (Wildman–Crippen MR) is 124 cm³/mol. The van der Waals surface area contributed by atoms with E-state index >= 15 is 0 Å². The van der Waals surface area contributed by atoms with Crippen LogP contribution < -0.4 is 14.8 Å². The number of hydrogen-bond acceptors (Lipinski definition) is 7. The second-order valence-corrected chi connectivity index (χ2v) is 9.13. The van der Waals surface area contributed by atoms with Gasteiger partial charge in [-0.2, -0.15) is 5.26 Å². The molecule has 0 amide bonds. The fourth-order valence-corrected chi connectivity index (χ4v) is 4.06. The highest BCUT2D eigenvalue weighted by Crippen LogP contribution is 2.19. The Hall–Kier alpha value is -3.02. The number of hydrogen-bond donors (Lipinski definition) is 0. The number of ether oxygens (including phenoxy) is 2. The van der Waals surface area contributed by atoms with Crippen LogP contribution in [0.25, 0.3) is 11.6 Å². The fraction of sp³-hybridized carbons (Fsp3) is 0.417. The third-order valence-corrected chi connectivity index (χ3v) is 5.78. The van der Waals surface area contributed by atoms with E-state index in [4.69, 9.17) is 9.47 Å². The Morgan fingerprint density at radius 1 is 1.22 bits per heavy atom. The largest absolute Gasteiger partial charge is 0.465 e. The zero-order chi connectivity index (χ0) is 23.9. The molecule has 32 heavy (non-hydrogen) atoms. The summed E-state index contributed by atoms with van der Waals surface area (Å²) >= 11 is 1.12. The number of aromatic nitrogens is 1. The van der Waals surface area contributed by atoms with E-state index in [1.54, 1.807) is 51.1 Å². The van der Waals surface area contributed by atoms with Crippen LogP contribution in [0.2, 0.25) is 0 Å². The SMILES string of the molecule is CCOCCCn1c(=O)/c(=C\c2ccc(C(=O)OC)cc2)s/c1=C(\C#N)C(=O)C(C)(C)C. The lowest BCUT2D eigenvalue weighted by Crippen LogP contribution is -2.34. The lowest BCUT2D eigenvalue weighted by molar-refractivity contribution is -0.120. The molecule has 0 saturated heterocycles. The van der Waals surface area contributed by atoms with E-state index in [0.717, 1.165) is 11.3 Å². The molecule has 1 aromatic heterocycles. The van der Waals surface area contributed by atoms with Crippen LogP contribution in [-0.4, -0.2) is 36.6 Å². The van der Waals surface area contributed by atoms with Crippen molar-refractivity contribution in [2.45, 2.75) is 40.7 Å². The standard InChI is InChI=1S/C24H28N2O5S/c1-6-31-13-7-12-26-21(28)19(14-16-8-10-17(11-9-16)23(29)30-5)32-22(26)18(15-25)20(27)24(2,3)4/h8-11,14H,6-7,12-13H2,1-5H3/b19-14+,22-18+. The fourth-order valence-electron chi connectivity index (χ4n) is 2.93. The van der Waals surface area contributed by atoms with Crippen LogP contribution in [-0.2, 0) is 20.8 Å². The molecule has 170 valence electrons. The zero-order valence-electron chi connectivity index (χ0n) is 19.1. The van der Waals surface area contributed by atoms with Crippen LogP contribution in [0.4, 0.5) is 0 Å². The maximum Gasteiger partial charge on any atom is 0.337 e. The van der Waals surface area contributed by atoms with E-state index in [0.29, 0.717) is 46.5 Å². The summed E-state index contributed by atoms with van der Waals surface area (Å²) in [5, 5.41) is 9.75. The third kappa shape index (κ3) is 6.02. The van der Waals surface area contributed by atoms with Gasteiger partial charge in [-0.3, -0.25) is 14.2 Å². The molecular formula is C24H28N2O5S. The van der Waals surface area contributed by atoms with Crippen molar-refractivity contribution in [3.05, 3.63) is 54.9 Å². The number of thiazole rings is 1. The average Bonchev–Trinajstić information content (AvgIpc) is 3.06. The Kier molecular flexibility index (Phi) is 8.70. The Labute approximate surface area is 191 Å². The molecule has 0 aliphatic heterocycles. The number of carbonyl (C=O) groups excluding carboxylic acids is 2. The molecule has 0 aliphatic rings. The number of ketones is 1. The average molecular weight is 457 g/mol. The Morgan fingerprint density at radius 2 is 1.88 bits per heavy atom. The van der Waals surface area contributed by atoms with Gasteiger partial charge in [0.05, 0.1) is 17.2 Å². The van der Waals surface area contributed by atoms with Crippen molar-refractivity contribution in [3.63, 3.8) is 0 Å². The summed E-state index contributed by atoms with van der Waals surface area (Å²) in [4.78, 5) is 37.7. The first-order valence-corrected chi connectivity index (χ1v) is 11.1. The van der Waals surface area contributed by atoms with Gasteiger partial charge < -0.3 is 9.47 Å². The molecule has 1 heterocycles. The van der Waals surface area contributed by atoms with Gasteiger partial charge in [0.1, 0.15) is 16.3 Å². The number of nitrogens with zero attached hydrogens (tertiary/aromatic N) is 2. The summed E-state index contributed by atoms with van der Waals surface area (Å²) < 4.78 is 12.3. The summed E-state index contributed by atoms with van der Waals surface area (Å²) in [6.45, 7) is 8.51. The van der Waals surface area contributed by atoms with Gasteiger partial charge >= 0.3 is 5.97 Å². The first-order chi connectivity index (χ1) is 15.1. The molecule has 0 atom stereocenters. The van der Waals surface area contributed by atoms with E-state index in [1.807, 2.05) is 13.0 Å². The lowest BCUT2D eigenvalue weighted by Gasteiger charge is -2.15. The molecule has 0 saturated carbocycles. The molecule has 2 rings (SSSR count). The molecule has 0 bridgehead atoms. The maximum atomic E-state index is 13.2. The van der Waals surface area contributed by atoms with Crippen LogP contribution in [0.15, 0.2) is 29.1 Å². The minimum absolute atomic E-state index is 0.0169. The zero-order valence-corrected chi connectivity index (χ0v) is 19.9. The van der Waals surface area contributed by atoms with E-state index in [-0.39, 0.29) is 16.9 Å². The van der Waals surface area contributed by atoms with Crippen molar-refractivity contribution in [2.24, 2.45) is 5.41 Å². The molecule has 1 aromatic carbocycles. The minimum Gasteiger partial charge on any atom is -0.465 e. The number of methoxy groups -OCH3 is 1. The summed E-state index contributed by atoms with van der Waals surface area (Å²) in [6.07, 6.45) is 2.26. The Bertz CT molecular complexity index is 1190. The number of nitriles is 1. The Morgan fingerprint density at radius 3 is 2.41 bits per heavy atom. The number of carbonyl (C=O) groups is 2. The number of Topliss-reactive ketones (excluding diaryl/α,β-unsaturated/α-hetero) is 1. The normalized spacial score (nSPS) is 12.9. The van der Waals surface area contributed by atoms with Gasteiger partial charge in [-0.05, 0) is 37.1 Å². The predicted octanol–water partition coefficient (Wildman–Crippen LogP) is 2.24. The summed E-state index contributed by atoms with van der Waals surface area (Å²) in [7, 11) is 1.31. The molecule has 0 fully saturated rings. The van der Waals surface area contributed by atoms with Gasteiger partial charge in [0.2, 0.25) is 0 Å². The molecule has 0 spiro atoms. The van der Waals surface area contributed by atoms with Gasteiger partial charge in [-0.1, -0.05) is 32.9 Å². The highest BCUT2D eigenvalue weighted by Gasteiger charge is 2.27. The van der Waals surface area contributed by atoms with Crippen LogP contribution in [0.3, 0.4) is 0 Å². The number of rotatable bonds is 8. The van der Waals surface area contributed by atoms with Crippen molar-refractivity contribution in [1.82, 2.24) is 4.57 Å². The minimum atomic E-state index is -0.755. The van der Waals surface area contributed by atoms with Gasteiger partial charge in [0, 0.05) is 25.2 Å². The molecule has 0 aliphatic carbocycles. The third-order valence-electron chi connectivity index (χ3n) is 4.65. The van der Waals surface area contributed by atoms with Crippen LogP contribution >= 0.6 is 11.3 Å². The lowest BCUT2D eigenvalue weighted by atomic mass is 9.87. The van der Waals surface area contributed by atoms with Crippen LogP contribution in [0.1, 0.15) is 50.0 Å². The second kappa shape index (κ2) is 11.0. The smallest absolute Gasteiger partial charge is 0.337 e. The van der Waals surface area contributed by atoms with E-state index in [2.05, 4.69) is 0 Å². The van der Waals surface area contributed by atoms with Crippen molar-refractivity contribution >= 4 is 34.7 Å². The molecule has 0 radical (unpaired) electrons. The molecule has 0 N–H and O–H groups in total. The van der Waals surface area contributed by atoms with Gasteiger partial charge in [-0.15, -0.1) is 11.3 Å².